The van der Waals surface area contributed by atoms with Gasteiger partial charge >= 0.3 is 0 Å². The zero-order valence-electron chi connectivity index (χ0n) is 11.8. The van der Waals surface area contributed by atoms with E-state index < -0.39 is 0 Å². The quantitative estimate of drug-likeness (QED) is 0.674. The molecule has 0 aliphatic heterocycles. The fourth-order valence-electron chi connectivity index (χ4n) is 2.15. The van der Waals surface area contributed by atoms with Gasteiger partial charge in [-0.2, -0.15) is 0 Å². The average Bonchev–Trinajstić information content (AvgIpc) is 2.85. The molecule has 3 rings (SSSR count). The SMILES string of the molecule is Cc1ccc(-c2nc(-c3ccccn3)sc2C)cc1C. The van der Waals surface area contributed by atoms with Gasteiger partial charge in [0.05, 0.1) is 11.4 Å². The monoisotopic (exact) mass is 280 g/mol. The predicted octanol–water partition coefficient (Wildman–Crippen LogP) is 4.80. The van der Waals surface area contributed by atoms with Crippen LogP contribution >= 0.6 is 11.3 Å². The molecule has 0 bridgehead atoms. The molecule has 0 amide bonds. The maximum Gasteiger partial charge on any atom is 0.142 e. The molecule has 0 unspecified atom stereocenters. The summed E-state index contributed by atoms with van der Waals surface area (Å²) in [5.41, 5.74) is 5.80. The van der Waals surface area contributed by atoms with Crippen LogP contribution in [0.1, 0.15) is 16.0 Å². The summed E-state index contributed by atoms with van der Waals surface area (Å²) in [6.45, 7) is 6.39. The zero-order valence-corrected chi connectivity index (χ0v) is 12.7. The Morgan fingerprint density at radius 2 is 1.80 bits per heavy atom. The predicted molar refractivity (Wildman–Crippen MR) is 85.0 cm³/mol. The molecule has 100 valence electrons. The van der Waals surface area contributed by atoms with Gasteiger partial charge in [-0.1, -0.05) is 18.2 Å². The lowest BCUT2D eigenvalue weighted by Gasteiger charge is -2.03. The molecule has 2 heterocycles. The summed E-state index contributed by atoms with van der Waals surface area (Å²) in [6, 6.07) is 12.4. The molecule has 0 spiro atoms. The summed E-state index contributed by atoms with van der Waals surface area (Å²) in [6.07, 6.45) is 1.81. The summed E-state index contributed by atoms with van der Waals surface area (Å²) in [4.78, 5) is 10.4. The van der Waals surface area contributed by atoms with Crippen LogP contribution in [0.3, 0.4) is 0 Å². The van der Waals surface area contributed by atoms with Crippen molar-refractivity contribution < 1.29 is 0 Å². The zero-order chi connectivity index (χ0) is 14.1. The summed E-state index contributed by atoms with van der Waals surface area (Å²) < 4.78 is 0. The topological polar surface area (TPSA) is 25.8 Å². The molecular formula is C17H16N2S. The van der Waals surface area contributed by atoms with Gasteiger partial charge in [0, 0.05) is 16.6 Å². The van der Waals surface area contributed by atoms with Gasteiger partial charge in [-0.05, 0) is 50.1 Å². The molecular weight excluding hydrogens is 264 g/mol. The molecule has 0 atom stereocenters. The maximum absolute atomic E-state index is 4.78. The van der Waals surface area contributed by atoms with Crippen LogP contribution in [0.5, 0.6) is 0 Å². The Morgan fingerprint density at radius 1 is 0.950 bits per heavy atom. The Balaban J connectivity index is 2.07. The highest BCUT2D eigenvalue weighted by molar-refractivity contribution is 7.15. The van der Waals surface area contributed by atoms with E-state index in [1.54, 1.807) is 11.3 Å². The molecule has 20 heavy (non-hydrogen) atoms. The lowest BCUT2D eigenvalue weighted by Crippen LogP contribution is -1.86. The first-order valence-corrected chi connectivity index (χ1v) is 7.43. The molecule has 3 heteroatoms. The van der Waals surface area contributed by atoms with E-state index in [0.717, 1.165) is 16.4 Å². The normalized spacial score (nSPS) is 10.8. The number of aryl methyl sites for hydroxylation is 3. The molecule has 0 N–H and O–H groups in total. The molecule has 0 fully saturated rings. The van der Waals surface area contributed by atoms with Gasteiger partial charge < -0.3 is 0 Å². The molecule has 1 aromatic carbocycles. The van der Waals surface area contributed by atoms with E-state index in [9.17, 15) is 0 Å². The summed E-state index contributed by atoms with van der Waals surface area (Å²) in [5.74, 6) is 0. The van der Waals surface area contributed by atoms with Gasteiger partial charge in [-0.15, -0.1) is 11.3 Å². The lowest BCUT2D eigenvalue weighted by atomic mass is 10.0. The standard InChI is InChI=1S/C17H16N2S/c1-11-7-8-14(10-12(11)2)16-13(3)20-17(19-16)15-6-4-5-9-18-15/h4-10H,1-3H3. The molecule has 0 aliphatic rings. The number of thiazole rings is 1. The van der Waals surface area contributed by atoms with Crippen molar-refractivity contribution in [1.29, 1.82) is 0 Å². The van der Waals surface area contributed by atoms with Crippen molar-refractivity contribution in [1.82, 2.24) is 9.97 Å². The fourth-order valence-corrected chi connectivity index (χ4v) is 3.06. The highest BCUT2D eigenvalue weighted by atomic mass is 32.1. The minimum atomic E-state index is 0.940. The van der Waals surface area contributed by atoms with Gasteiger partial charge in [-0.25, -0.2) is 4.98 Å². The smallest absolute Gasteiger partial charge is 0.142 e. The Morgan fingerprint density at radius 3 is 2.50 bits per heavy atom. The molecule has 0 aliphatic carbocycles. The van der Waals surface area contributed by atoms with Crippen molar-refractivity contribution >= 4 is 11.3 Å². The second-order valence-electron chi connectivity index (χ2n) is 4.94. The van der Waals surface area contributed by atoms with E-state index >= 15 is 0 Å². The van der Waals surface area contributed by atoms with Crippen molar-refractivity contribution in [3.8, 4) is 22.0 Å². The van der Waals surface area contributed by atoms with Crippen LogP contribution in [0.2, 0.25) is 0 Å². The van der Waals surface area contributed by atoms with Crippen LogP contribution in [-0.2, 0) is 0 Å². The van der Waals surface area contributed by atoms with Crippen LogP contribution in [0, 0.1) is 20.8 Å². The molecule has 0 saturated carbocycles. The first-order chi connectivity index (χ1) is 9.65. The molecule has 2 aromatic heterocycles. The number of aromatic nitrogens is 2. The third kappa shape index (κ3) is 2.37. The van der Waals surface area contributed by atoms with Gasteiger partial charge in [0.15, 0.2) is 0 Å². The highest BCUT2D eigenvalue weighted by Gasteiger charge is 2.12. The van der Waals surface area contributed by atoms with Gasteiger partial charge in [-0.3, -0.25) is 4.98 Å². The van der Waals surface area contributed by atoms with Crippen LogP contribution in [-0.4, -0.2) is 9.97 Å². The Bertz CT molecular complexity index is 745. The van der Waals surface area contributed by atoms with Crippen LogP contribution in [0.15, 0.2) is 42.6 Å². The van der Waals surface area contributed by atoms with Gasteiger partial charge in [0.1, 0.15) is 5.01 Å². The Kier molecular flexibility index (Phi) is 3.36. The number of pyridine rings is 1. The van der Waals surface area contributed by atoms with Crippen LogP contribution < -0.4 is 0 Å². The maximum atomic E-state index is 4.78. The largest absolute Gasteiger partial charge is 0.254 e. The molecule has 0 radical (unpaired) electrons. The number of rotatable bonds is 2. The third-order valence-corrected chi connectivity index (χ3v) is 4.45. The van der Waals surface area contributed by atoms with E-state index in [1.807, 2.05) is 24.4 Å². The van der Waals surface area contributed by atoms with Crippen molar-refractivity contribution in [3.05, 3.63) is 58.6 Å². The number of benzene rings is 1. The van der Waals surface area contributed by atoms with E-state index in [1.165, 1.54) is 21.6 Å². The van der Waals surface area contributed by atoms with Crippen LogP contribution in [0.4, 0.5) is 0 Å². The fraction of sp³-hybridized carbons (Fsp3) is 0.176. The van der Waals surface area contributed by atoms with E-state index in [2.05, 4.69) is 44.0 Å². The van der Waals surface area contributed by atoms with Crippen LogP contribution in [0.25, 0.3) is 22.0 Å². The summed E-state index contributed by atoms with van der Waals surface area (Å²) in [5, 5.41) is 0.983. The highest BCUT2D eigenvalue weighted by Crippen LogP contribution is 2.32. The first-order valence-electron chi connectivity index (χ1n) is 6.61. The van der Waals surface area contributed by atoms with Crippen molar-refractivity contribution in [2.45, 2.75) is 20.8 Å². The molecule has 0 saturated heterocycles. The van der Waals surface area contributed by atoms with E-state index in [0.29, 0.717) is 0 Å². The second-order valence-corrected chi connectivity index (χ2v) is 6.14. The number of hydrogen-bond donors (Lipinski definition) is 0. The second kappa shape index (κ2) is 5.17. The minimum Gasteiger partial charge on any atom is -0.254 e. The van der Waals surface area contributed by atoms with E-state index in [4.69, 9.17) is 4.98 Å². The summed E-state index contributed by atoms with van der Waals surface area (Å²) >= 11 is 1.70. The summed E-state index contributed by atoms with van der Waals surface area (Å²) in [7, 11) is 0. The third-order valence-electron chi connectivity index (χ3n) is 3.46. The molecule has 2 nitrogen and oxygen atoms in total. The van der Waals surface area contributed by atoms with Crippen molar-refractivity contribution in [2.24, 2.45) is 0 Å². The van der Waals surface area contributed by atoms with E-state index in [-0.39, 0.29) is 0 Å². The Hall–Kier alpha value is -2.00. The van der Waals surface area contributed by atoms with Crippen molar-refractivity contribution in [2.75, 3.05) is 0 Å². The lowest BCUT2D eigenvalue weighted by molar-refractivity contribution is 1.28. The molecule has 3 aromatic rings. The Labute approximate surface area is 123 Å². The van der Waals surface area contributed by atoms with Crippen molar-refractivity contribution in [3.63, 3.8) is 0 Å². The minimum absolute atomic E-state index is 0.940. The van der Waals surface area contributed by atoms with Gasteiger partial charge in [0.25, 0.3) is 0 Å². The number of hydrogen-bond acceptors (Lipinski definition) is 3. The average molecular weight is 280 g/mol. The number of nitrogens with zero attached hydrogens (tertiary/aromatic N) is 2. The van der Waals surface area contributed by atoms with Gasteiger partial charge in [0.2, 0.25) is 0 Å². The first kappa shape index (κ1) is 13.0.